The van der Waals surface area contributed by atoms with Gasteiger partial charge in [0.15, 0.2) is 0 Å². The predicted molar refractivity (Wildman–Crippen MR) is 54.6 cm³/mol. The average Bonchev–Trinajstić information content (AvgIpc) is 2.28. The van der Waals surface area contributed by atoms with Gasteiger partial charge in [0, 0.05) is 0 Å². The van der Waals surface area contributed by atoms with E-state index in [-0.39, 0.29) is 0 Å². The molecule has 0 aliphatic carbocycles. The van der Waals surface area contributed by atoms with Crippen LogP contribution in [0.15, 0.2) is 35.3 Å². The number of alkyl halides is 7. The molecule has 0 heterocycles. The normalized spacial score (nSPS) is 14.1. The van der Waals surface area contributed by atoms with E-state index in [9.17, 15) is 30.7 Å². The molecular weight excluding hydrogens is 279 g/mol. The summed E-state index contributed by atoms with van der Waals surface area (Å²) in [5, 5.41) is 0. The molecule has 1 rings (SSSR count). The fraction of sp³-hybridized carbons (Fsp3) is 0.364. The third kappa shape index (κ3) is 3.45. The van der Waals surface area contributed by atoms with Gasteiger partial charge in [0.05, 0.1) is 12.8 Å². The van der Waals surface area contributed by atoms with Gasteiger partial charge in [0.2, 0.25) is 0 Å². The third-order valence-electron chi connectivity index (χ3n) is 2.14. The summed E-state index contributed by atoms with van der Waals surface area (Å²) < 4.78 is 85.9. The maximum atomic E-state index is 12.8. The van der Waals surface area contributed by atoms with Crippen LogP contribution >= 0.6 is 0 Å². The highest BCUT2D eigenvalue weighted by molar-refractivity contribution is 5.68. The Balaban J connectivity index is 2.80. The summed E-state index contributed by atoms with van der Waals surface area (Å²) >= 11 is 0. The second-order valence-electron chi connectivity index (χ2n) is 3.65. The molecule has 19 heavy (non-hydrogen) atoms. The highest BCUT2D eigenvalue weighted by atomic mass is 19.4. The van der Waals surface area contributed by atoms with Crippen molar-refractivity contribution in [2.75, 3.05) is 0 Å². The van der Waals surface area contributed by atoms with Crippen LogP contribution in [0.25, 0.3) is 0 Å². The summed E-state index contributed by atoms with van der Waals surface area (Å²) in [5.41, 5.74) is 0.407. The van der Waals surface area contributed by atoms with Gasteiger partial charge < -0.3 is 0 Å². The summed E-state index contributed by atoms with van der Waals surface area (Å²) in [6.45, 7) is -0.412. The fourth-order valence-electron chi connectivity index (χ4n) is 1.12. The molecule has 0 amide bonds. The number of nitrogens with zero attached hydrogens (tertiary/aromatic N) is 1. The highest BCUT2D eigenvalue weighted by Gasteiger charge is 2.72. The molecule has 0 spiro atoms. The molecule has 0 fully saturated rings. The largest absolute Gasteiger partial charge is 0.460 e. The monoisotopic (exact) mass is 287 g/mol. The van der Waals surface area contributed by atoms with Crippen molar-refractivity contribution in [3.8, 4) is 0 Å². The van der Waals surface area contributed by atoms with E-state index in [2.05, 4.69) is 4.99 Å². The Morgan fingerprint density at radius 2 is 1.42 bits per heavy atom. The van der Waals surface area contributed by atoms with Crippen LogP contribution in [0.3, 0.4) is 0 Å². The molecule has 0 radical (unpaired) electrons. The topological polar surface area (TPSA) is 12.4 Å². The molecule has 0 atom stereocenters. The zero-order chi connectivity index (χ0) is 14.7. The van der Waals surface area contributed by atoms with Crippen LogP contribution in [-0.2, 0) is 6.54 Å². The molecule has 106 valence electrons. The number of hydrogen-bond donors (Lipinski definition) is 0. The van der Waals surface area contributed by atoms with E-state index in [0.29, 0.717) is 5.56 Å². The van der Waals surface area contributed by atoms with Crippen molar-refractivity contribution >= 4 is 6.21 Å². The maximum absolute atomic E-state index is 12.8. The first-order valence-corrected chi connectivity index (χ1v) is 4.95. The second kappa shape index (κ2) is 5.18. The van der Waals surface area contributed by atoms with E-state index in [0.717, 1.165) is 0 Å². The van der Waals surface area contributed by atoms with E-state index in [1.54, 1.807) is 18.2 Å². The molecule has 1 nitrogen and oxygen atoms in total. The molecule has 0 saturated heterocycles. The lowest BCUT2D eigenvalue weighted by molar-refractivity contribution is -0.335. The number of benzene rings is 1. The van der Waals surface area contributed by atoms with Crippen molar-refractivity contribution in [3.05, 3.63) is 35.9 Å². The molecule has 0 unspecified atom stereocenters. The summed E-state index contributed by atoms with van der Waals surface area (Å²) in [4.78, 5) is 2.94. The standard InChI is InChI=1S/C11H8F7N/c12-9(13,10(14,15)11(16,17)18)7-19-6-8-4-2-1-3-5-8/h1-5,7H,6H2. The Labute approximate surface area is 103 Å². The quantitative estimate of drug-likeness (QED) is 0.584. The van der Waals surface area contributed by atoms with E-state index in [4.69, 9.17) is 0 Å². The van der Waals surface area contributed by atoms with Crippen LogP contribution in [-0.4, -0.2) is 24.2 Å². The number of aliphatic imine (C=N–C) groups is 1. The van der Waals surface area contributed by atoms with Gasteiger partial charge in [-0.3, -0.25) is 4.99 Å². The van der Waals surface area contributed by atoms with Gasteiger partial charge in [0.25, 0.3) is 0 Å². The molecule has 1 aromatic rings. The van der Waals surface area contributed by atoms with Crippen molar-refractivity contribution in [1.29, 1.82) is 0 Å². The lowest BCUT2D eigenvalue weighted by atomic mass is 10.2. The van der Waals surface area contributed by atoms with Crippen molar-refractivity contribution in [1.82, 2.24) is 0 Å². The minimum atomic E-state index is -6.34. The first-order valence-electron chi connectivity index (χ1n) is 4.95. The van der Waals surface area contributed by atoms with Crippen LogP contribution in [0.5, 0.6) is 0 Å². The van der Waals surface area contributed by atoms with Gasteiger partial charge in [-0.15, -0.1) is 0 Å². The van der Waals surface area contributed by atoms with Crippen LogP contribution in [0.1, 0.15) is 5.56 Å². The molecular formula is C11H8F7N. The van der Waals surface area contributed by atoms with Gasteiger partial charge in [0.1, 0.15) is 0 Å². The maximum Gasteiger partial charge on any atom is 0.460 e. The summed E-state index contributed by atoms with van der Waals surface area (Å²) in [7, 11) is 0. The van der Waals surface area contributed by atoms with Crippen LogP contribution in [0, 0.1) is 0 Å². The Kier molecular flexibility index (Phi) is 4.21. The molecule has 1 aromatic carbocycles. The van der Waals surface area contributed by atoms with Gasteiger partial charge in [-0.25, -0.2) is 0 Å². The zero-order valence-electron chi connectivity index (χ0n) is 9.26. The molecule has 0 bridgehead atoms. The van der Waals surface area contributed by atoms with Gasteiger partial charge in [-0.05, 0) is 5.56 Å². The summed E-state index contributed by atoms with van der Waals surface area (Å²) in [5.74, 6) is -11.5. The Bertz CT molecular complexity index is 436. The van der Waals surface area contributed by atoms with Crippen molar-refractivity contribution in [2.45, 2.75) is 24.6 Å². The van der Waals surface area contributed by atoms with Gasteiger partial charge in [-0.1, -0.05) is 30.3 Å². The summed E-state index contributed by atoms with van der Waals surface area (Å²) in [6, 6.07) is 7.66. The minimum Gasteiger partial charge on any atom is -0.286 e. The predicted octanol–water partition coefficient (Wildman–Crippen LogP) is 4.09. The zero-order valence-corrected chi connectivity index (χ0v) is 9.26. The SMILES string of the molecule is FC(F)(F)C(F)(F)C(F)(F)C=NCc1ccccc1. The van der Waals surface area contributed by atoms with E-state index in [1.807, 2.05) is 0 Å². The lowest BCUT2D eigenvalue weighted by Crippen LogP contribution is -2.52. The van der Waals surface area contributed by atoms with E-state index < -0.39 is 30.8 Å². The number of rotatable bonds is 4. The van der Waals surface area contributed by atoms with E-state index >= 15 is 0 Å². The third-order valence-corrected chi connectivity index (χ3v) is 2.14. The lowest BCUT2D eigenvalue weighted by Gasteiger charge is -2.25. The number of halogens is 7. The Hall–Kier alpha value is -1.60. The van der Waals surface area contributed by atoms with Crippen LogP contribution in [0.2, 0.25) is 0 Å². The minimum absolute atomic E-state index is 0.407. The molecule has 8 heteroatoms. The average molecular weight is 287 g/mol. The molecule has 0 N–H and O–H groups in total. The fourth-order valence-corrected chi connectivity index (χ4v) is 1.12. The Morgan fingerprint density at radius 1 is 0.895 bits per heavy atom. The first-order chi connectivity index (χ1) is 8.58. The van der Waals surface area contributed by atoms with Crippen molar-refractivity contribution in [3.63, 3.8) is 0 Å². The van der Waals surface area contributed by atoms with Crippen molar-refractivity contribution in [2.24, 2.45) is 4.99 Å². The van der Waals surface area contributed by atoms with Crippen LogP contribution in [0.4, 0.5) is 30.7 Å². The molecule has 0 aliphatic rings. The molecule has 0 saturated carbocycles. The molecule has 0 aromatic heterocycles. The van der Waals surface area contributed by atoms with Gasteiger partial charge >= 0.3 is 18.0 Å². The second-order valence-corrected chi connectivity index (χ2v) is 3.65. The smallest absolute Gasteiger partial charge is 0.286 e. The summed E-state index contributed by atoms with van der Waals surface area (Å²) in [6.07, 6.45) is -7.00. The van der Waals surface area contributed by atoms with Gasteiger partial charge in [-0.2, -0.15) is 30.7 Å². The van der Waals surface area contributed by atoms with Crippen molar-refractivity contribution < 1.29 is 30.7 Å². The Morgan fingerprint density at radius 3 is 1.89 bits per heavy atom. The highest BCUT2D eigenvalue weighted by Crippen LogP contribution is 2.45. The number of hydrogen-bond acceptors (Lipinski definition) is 1. The van der Waals surface area contributed by atoms with Crippen LogP contribution < -0.4 is 0 Å². The molecule has 0 aliphatic heterocycles. The van der Waals surface area contributed by atoms with E-state index in [1.165, 1.54) is 12.1 Å². The first kappa shape index (κ1) is 15.5.